The van der Waals surface area contributed by atoms with Gasteiger partial charge in [-0.2, -0.15) is 0 Å². The Kier molecular flexibility index (Phi) is 10.6. The Balaban J connectivity index is 0.00000338. The molecule has 0 saturated heterocycles. The molecule has 2 rings (SSSR count). The van der Waals surface area contributed by atoms with E-state index in [1.165, 1.54) is 11.1 Å². The van der Waals surface area contributed by atoms with E-state index in [2.05, 4.69) is 64.1 Å². The molecule has 7 heteroatoms. The van der Waals surface area contributed by atoms with Crippen LogP contribution in [0.4, 0.5) is 5.13 Å². The second-order valence-electron chi connectivity index (χ2n) is 6.06. The predicted molar refractivity (Wildman–Crippen MR) is 124 cm³/mol. The van der Waals surface area contributed by atoms with Crippen molar-refractivity contribution in [3.8, 4) is 0 Å². The topological polar surface area (TPSA) is 52.6 Å². The van der Waals surface area contributed by atoms with Crippen LogP contribution in [0, 0.1) is 0 Å². The van der Waals surface area contributed by atoms with Crippen molar-refractivity contribution in [3.05, 3.63) is 46.5 Å². The molecule has 0 atom stereocenters. The standard InChI is InChI=1S/C19H29N5S.HI/c1-5-15-7-9-16(10-8-15)11-12-21-18(20-6-2)22-13-17-14-25-19(23-17)24(3)4;/h7-10,14H,5-6,11-13H2,1-4H3,(H2,20,21,22);1H. The molecule has 0 saturated carbocycles. The fraction of sp³-hybridized carbons (Fsp3) is 0.474. The van der Waals surface area contributed by atoms with E-state index >= 15 is 0 Å². The largest absolute Gasteiger partial charge is 0.357 e. The number of thiazole rings is 1. The van der Waals surface area contributed by atoms with E-state index in [1.807, 2.05) is 19.0 Å². The zero-order valence-corrected chi connectivity index (χ0v) is 19.2. The molecule has 144 valence electrons. The molecule has 0 spiro atoms. The molecule has 1 aromatic heterocycles. The molecule has 0 unspecified atom stereocenters. The molecular weight excluding hydrogens is 457 g/mol. The molecule has 0 amide bonds. The number of aryl methyl sites for hydroxylation is 1. The van der Waals surface area contributed by atoms with E-state index in [-0.39, 0.29) is 24.0 Å². The summed E-state index contributed by atoms with van der Waals surface area (Å²) in [5.74, 6) is 0.840. The molecule has 0 radical (unpaired) electrons. The van der Waals surface area contributed by atoms with Crippen LogP contribution in [0.5, 0.6) is 0 Å². The molecule has 2 aromatic rings. The number of rotatable bonds is 8. The van der Waals surface area contributed by atoms with Gasteiger partial charge < -0.3 is 15.5 Å². The maximum absolute atomic E-state index is 4.64. The number of aliphatic imine (C=N–C) groups is 1. The van der Waals surface area contributed by atoms with Gasteiger partial charge in [0.25, 0.3) is 0 Å². The third kappa shape index (κ3) is 7.49. The number of anilines is 1. The van der Waals surface area contributed by atoms with Gasteiger partial charge in [-0.1, -0.05) is 31.2 Å². The fourth-order valence-corrected chi connectivity index (χ4v) is 3.09. The van der Waals surface area contributed by atoms with Crippen LogP contribution in [0.2, 0.25) is 0 Å². The van der Waals surface area contributed by atoms with Crippen molar-refractivity contribution in [3.63, 3.8) is 0 Å². The van der Waals surface area contributed by atoms with E-state index in [1.54, 1.807) is 11.3 Å². The van der Waals surface area contributed by atoms with Crippen LogP contribution in [0.15, 0.2) is 34.6 Å². The maximum atomic E-state index is 4.64. The van der Waals surface area contributed by atoms with E-state index in [0.29, 0.717) is 6.54 Å². The van der Waals surface area contributed by atoms with E-state index in [0.717, 1.165) is 42.7 Å². The van der Waals surface area contributed by atoms with Gasteiger partial charge in [0, 0.05) is 32.6 Å². The zero-order chi connectivity index (χ0) is 18.1. The molecule has 0 bridgehead atoms. The molecule has 5 nitrogen and oxygen atoms in total. The predicted octanol–water partition coefficient (Wildman–Crippen LogP) is 3.69. The van der Waals surface area contributed by atoms with Gasteiger partial charge >= 0.3 is 0 Å². The van der Waals surface area contributed by atoms with Crippen LogP contribution in [0.3, 0.4) is 0 Å². The van der Waals surface area contributed by atoms with E-state index in [9.17, 15) is 0 Å². The lowest BCUT2D eigenvalue weighted by Gasteiger charge is -2.11. The number of guanidine groups is 1. The van der Waals surface area contributed by atoms with Gasteiger partial charge in [-0.3, -0.25) is 0 Å². The number of halogens is 1. The highest BCUT2D eigenvalue weighted by Gasteiger charge is 2.04. The van der Waals surface area contributed by atoms with Gasteiger partial charge in [0.2, 0.25) is 0 Å². The minimum Gasteiger partial charge on any atom is -0.357 e. The van der Waals surface area contributed by atoms with Gasteiger partial charge in [-0.05, 0) is 30.9 Å². The highest BCUT2D eigenvalue weighted by Crippen LogP contribution is 2.18. The van der Waals surface area contributed by atoms with Crippen molar-refractivity contribution in [2.75, 3.05) is 32.1 Å². The third-order valence-electron chi connectivity index (χ3n) is 3.80. The number of benzene rings is 1. The number of hydrogen-bond acceptors (Lipinski definition) is 4. The molecule has 1 aromatic carbocycles. The van der Waals surface area contributed by atoms with Crippen molar-refractivity contribution in [1.82, 2.24) is 15.6 Å². The summed E-state index contributed by atoms with van der Waals surface area (Å²) in [6.07, 6.45) is 2.07. The normalized spacial score (nSPS) is 11.0. The Morgan fingerprint density at radius 3 is 2.38 bits per heavy atom. The van der Waals surface area contributed by atoms with Gasteiger partial charge in [-0.25, -0.2) is 9.98 Å². The van der Waals surface area contributed by atoms with Crippen LogP contribution in [-0.4, -0.2) is 38.1 Å². The highest BCUT2D eigenvalue weighted by atomic mass is 127. The van der Waals surface area contributed by atoms with Crippen molar-refractivity contribution < 1.29 is 0 Å². The second-order valence-corrected chi connectivity index (χ2v) is 6.89. The number of hydrogen-bond donors (Lipinski definition) is 2. The highest BCUT2D eigenvalue weighted by molar-refractivity contribution is 14.0. The maximum Gasteiger partial charge on any atom is 0.191 e. The molecule has 26 heavy (non-hydrogen) atoms. The third-order valence-corrected chi connectivity index (χ3v) is 4.86. The lowest BCUT2D eigenvalue weighted by molar-refractivity contribution is 0.797. The zero-order valence-electron chi connectivity index (χ0n) is 16.1. The first-order valence-corrected chi connectivity index (χ1v) is 9.72. The van der Waals surface area contributed by atoms with Crippen LogP contribution in [0.1, 0.15) is 30.7 Å². The summed E-state index contributed by atoms with van der Waals surface area (Å²) in [4.78, 5) is 11.2. The minimum absolute atomic E-state index is 0. The average Bonchev–Trinajstić information content (AvgIpc) is 3.09. The van der Waals surface area contributed by atoms with Crippen molar-refractivity contribution >= 4 is 46.4 Å². The summed E-state index contributed by atoms with van der Waals surface area (Å²) in [7, 11) is 4.01. The van der Waals surface area contributed by atoms with Crippen molar-refractivity contribution in [2.24, 2.45) is 4.99 Å². The molecule has 0 aliphatic rings. The van der Waals surface area contributed by atoms with Crippen LogP contribution < -0.4 is 15.5 Å². The smallest absolute Gasteiger partial charge is 0.191 e. The number of aromatic nitrogens is 1. The molecule has 0 aliphatic carbocycles. The van der Waals surface area contributed by atoms with Gasteiger partial charge in [-0.15, -0.1) is 35.3 Å². The Morgan fingerprint density at radius 2 is 1.81 bits per heavy atom. The SMILES string of the molecule is CCNC(=NCc1csc(N(C)C)n1)NCCc1ccc(CC)cc1.I. The van der Waals surface area contributed by atoms with Crippen molar-refractivity contribution in [2.45, 2.75) is 33.2 Å². The Hall–Kier alpha value is -1.35. The summed E-state index contributed by atoms with van der Waals surface area (Å²) in [6, 6.07) is 8.84. The van der Waals surface area contributed by atoms with Crippen molar-refractivity contribution in [1.29, 1.82) is 0 Å². The van der Waals surface area contributed by atoms with Gasteiger partial charge in [0.1, 0.15) is 0 Å². The fourth-order valence-electron chi connectivity index (χ4n) is 2.34. The first kappa shape index (κ1) is 22.7. The lowest BCUT2D eigenvalue weighted by Crippen LogP contribution is -2.38. The Morgan fingerprint density at radius 1 is 1.12 bits per heavy atom. The first-order valence-electron chi connectivity index (χ1n) is 8.84. The van der Waals surface area contributed by atoms with E-state index < -0.39 is 0 Å². The number of nitrogens with one attached hydrogen (secondary N) is 2. The number of nitrogens with zero attached hydrogens (tertiary/aromatic N) is 3. The molecule has 1 heterocycles. The van der Waals surface area contributed by atoms with Crippen LogP contribution in [0.25, 0.3) is 0 Å². The Bertz CT molecular complexity index is 667. The first-order chi connectivity index (χ1) is 12.1. The Labute approximate surface area is 178 Å². The minimum atomic E-state index is 0. The van der Waals surface area contributed by atoms with Crippen LogP contribution >= 0.6 is 35.3 Å². The summed E-state index contributed by atoms with van der Waals surface area (Å²) >= 11 is 1.65. The summed E-state index contributed by atoms with van der Waals surface area (Å²) in [5.41, 5.74) is 3.73. The summed E-state index contributed by atoms with van der Waals surface area (Å²) in [5, 5.41) is 9.77. The van der Waals surface area contributed by atoms with E-state index in [4.69, 9.17) is 0 Å². The van der Waals surface area contributed by atoms with Crippen LogP contribution in [-0.2, 0) is 19.4 Å². The second kappa shape index (κ2) is 12.1. The molecule has 2 N–H and O–H groups in total. The summed E-state index contributed by atoms with van der Waals surface area (Å²) < 4.78 is 0. The lowest BCUT2D eigenvalue weighted by atomic mass is 10.1. The summed E-state index contributed by atoms with van der Waals surface area (Å²) in [6.45, 7) is 6.55. The van der Waals surface area contributed by atoms with Gasteiger partial charge in [0.15, 0.2) is 11.1 Å². The monoisotopic (exact) mass is 487 g/mol. The molecular formula is C19H30IN5S. The van der Waals surface area contributed by atoms with Gasteiger partial charge in [0.05, 0.1) is 12.2 Å². The molecule has 0 aliphatic heterocycles. The quantitative estimate of drug-likeness (QED) is 0.339. The molecule has 0 fully saturated rings. The average molecular weight is 487 g/mol.